The van der Waals surface area contributed by atoms with Crippen molar-refractivity contribution in [2.24, 2.45) is 0 Å². The van der Waals surface area contributed by atoms with E-state index in [0.717, 1.165) is 0 Å². The monoisotopic (exact) mass is 261 g/mol. The van der Waals surface area contributed by atoms with E-state index in [1.54, 1.807) is 18.2 Å². The molecule has 0 heterocycles. The van der Waals surface area contributed by atoms with Crippen LogP contribution in [0.2, 0.25) is 0 Å². The predicted molar refractivity (Wildman–Crippen MR) is 68.6 cm³/mol. The van der Waals surface area contributed by atoms with Gasteiger partial charge in [0.05, 0.1) is 0 Å². The molecule has 2 aromatic carbocycles. The first-order valence-electron chi connectivity index (χ1n) is 5.61. The topological polar surface area (TPSA) is 58.6 Å². The lowest BCUT2D eigenvalue weighted by molar-refractivity contribution is -0.118. The molecule has 5 heteroatoms. The van der Waals surface area contributed by atoms with Gasteiger partial charge in [-0.15, -0.1) is 0 Å². The van der Waals surface area contributed by atoms with Gasteiger partial charge in [-0.2, -0.15) is 0 Å². The smallest absolute Gasteiger partial charge is 0.262 e. The van der Waals surface area contributed by atoms with E-state index in [1.807, 2.05) is 0 Å². The van der Waals surface area contributed by atoms with Crippen molar-refractivity contribution < 1.29 is 19.0 Å². The number of carbonyl (C=O) groups is 1. The second kappa shape index (κ2) is 5.86. The average Bonchev–Trinajstić information content (AvgIpc) is 2.40. The number of ether oxygens (including phenoxy) is 1. The zero-order chi connectivity index (χ0) is 13.7. The SMILES string of the molecule is O=C(COc1ccccc1O)Nc1ccc(F)cc1. The third-order valence-electron chi connectivity index (χ3n) is 2.35. The summed E-state index contributed by atoms with van der Waals surface area (Å²) in [6, 6.07) is 11.8. The first-order chi connectivity index (χ1) is 9.15. The molecule has 0 spiro atoms. The van der Waals surface area contributed by atoms with Gasteiger partial charge in [-0.3, -0.25) is 4.79 Å². The van der Waals surface area contributed by atoms with Crippen molar-refractivity contribution >= 4 is 11.6 Å². The normalized spacial score (nSPS) is 9.95. The highest BCUT2D eigenvalue weighted by Crippen LogP contribution is 2.24. The number of carbonyl (C=O) groups excluding carboxylic acids is 1. The number of nitrogens with one attached hydrogen (secondary N) is 1. The van der Waals surface area contributed by atoms with Gasteiger partial charge in [0.25, 0.3) is 5.91 Å². The highest BCUT2D eigenvalue weighted by atomic mass is 19.1. The molecule has 19 heavy (non-hydrogen) atoms. The Hall–Kier alpha value is -2.56. The van der Waals surface area contributed by atoms with Crippen molar-refractivity contribution in [3.8, 4) is 11.5 Å². The number of hydrogen-bond donors (Lipinski definition) is 2. The van der Waals surface area contributed by atoms with Gasteiger partial charge < -0.3 is 15.2 Å². The zero-order valence-corrected chi connectivity index (χ0v) is 9.97. The van der Waals surface area contributed by atoms with E-state index in [4.69, 9.17) is 4.74 Å². The highest BCUT2D eigenvalue weighted by molar-refractivity contribution is 5.91. The Morgan fingerprint density at radius 1 is 1.16 bits per heavy atom. The molecule has 0 unspecified atom stereocenters. The molecule has 0 atom stereocenters. The van der Waals surface area contributed by atoms with Gasteiger partial charge in [-0.1, -0.05) is 12.1 Å². The van der Waals surface area contributed by atoms with Crippen LogP contribution in [0.5, 0.6) is 11.5 Å². The van der Waals surface area contributed by atoms with E-state index in [-0.39, 0.29) is 23.9 Å². The molecule has 0 fully saturated rings. The van der Waals surface area contributed by atoms with E-state index in [0.29, 0.717) is 5.69 Å². The van der Waals surface area contributed by atoms with E-state index in [1.165, 1.54) is 30.3 Å². The van der Waals surface area contributed by atoms with Gasteiger partial charge in [0.1, 0.15) is 5.82 Å². The minimum absolute atomic E-state index is 0.0305. The summed E-state index contributed by atoms with van der Waals surface area (Å²) in [7, 11) is 0. The summed E-state index contributed by atoms with van der Waals surface area (Å²) < 4.78 is 17.8. The van der Waals surface area contributed by atoms with Crippen LogP contribution >= 0.6 is 0 Å². The molecular formula is C14H12FNO3. The van der Waals surface area contributed by atoms with Crippen molar-refractivity contribution in [1.29, 1.82) is 0 Å². The van der Waals surface area contributed by atoms with Crippen LogP contribution in [0.25, 0.3) is 0 Å². The fourth-order valence-corrected chi connectivity index (χ4v) is 1.45. The standard InChI is InChI=1S/C14H12FNO3/c15-10-5-7-11(8-6-10)16-14(18)9-19-13-4-2-1-3-12(13)17/h1-8,17H,9H2,(H,16,18). The molecule has 2 rings (SSSR count). The van der Waals surface area contributed by atoms with Crippen LogP contribution in [-0.2, 0) is 4.79 Å². The lowest BCUT2D eigenvalue weighted by Crippen LogP contribution is -2.20. The number of rotatable bonds is 4. The van der Waals surface area contributed by atoms with Crippen molar-refractivity contribution in [3.63, 3.8) is 0 Å². The van der Waals surface area contributed by atoms with E-state index in [2.05, 4.69) is 5.32 Å². The van der Waals surface area contributed by atoms with Crippen LogP contribution in [0, 0.1) is 5.82 Å². The Kier molecular flexibility index (Phi) is 3.97. The minimum atomic E-state index is -0.394. The summed E-state index contributed by atoms with van der Waals surface area (Å²) in [5.41, 5.74) is 0.479. The summed E-state index contributed by atoms with van der Waals surface area (Å²) in [6.07, 6.45) is 0. The summed E-state index contributed by atoms with van der Waals surface area (Å²) in [5, 5.41) is 12.0. The van der Waals surface area contributed by atoms with E-state index < -0.39 is 5.91 Å². The number of halogens is 1. The van der Waals surface area contributed by atoms with Crippen molar-refractivity contribution in [3.05, 3.63) is 54.3 Å². The molecule has 0 aliphatic carbocycles. The Bertz CT molecular complexity index is 569. The number of hydrogen-bond acceptors (Lipinski definition) is 3. The molecule has 2 N–H and O–H groups in total. The fourth-order valence-electron chi connectivity index (χ4n) is 1.45. The molecular weight excluding hydrogens is 249 g/mol. The number of aromatic hydroxyl groups is 1. The lowest BCUT2D eigenvalue weighted by atomic mass is 10.3. The highest BCUT2D eigenvalue weighted by Gasteiger charge is 2.06. The summed E-state index contributed by atoms with van der Waals surface area (Å²) in [5.74, 6) is -0.563. The molecule has 0 saturated carbocycles. The van der Waals surface area contributed by atoms with Gasteiger partial charge in [-0.05, 0) is 36.4 Å². The molecule has 0 aliphatic heterocycles. The number of para-hydroxylation sites is 2. The number of phenols is 1. The van der Waals surface area contributed by atoms with Crippen LogP contribution in [0.15, 0.2) is 48.5 Å². The number of benzene rings is 2. The Morgan fingerprint density at radius 2 is 1.84 bits per heavy atom. The Labute approximate surface area is 109 Å². The van der Waals surface area contributed by atoms with Crippen molar-refractivity contribution in [1.82, 2.24) is 0 Å². The molecule has 2 aromatic rings. The Balaban J connectivity index is 1.88. The van der Waals surface area contributed by atoms with Crippen LogP contribution in [-0.4, -0.2) is 17.6 Å². The minimum Gasteiger partial charge on any atom is -0.504 e. The number of anilines is 1. The first-order valence-corrected chi connectivity index (χ1v) is 5.61. The largest absolute Gasteiger partial charge is 0.504 e. The quantitative estimate of drug-likeness (QED) is 0.889. The molecule has 1 amide bonds. The molecule has 98 valence electrons. The van der Waals surface area contributed by atoms with Crippen LogP contribution in [0.3, 0.4) is 0 Å². The zero-order valence-electron chi connectivity index (χ0n) is 9.97. The van der Waals surface area contributed by atoms with Crippen LogP contribution in [0.4, 0.5) is 10.1 Å². The second-order valence-corrected chi connectivity index (χ2v) is 3.81. The maximum Gasteiger partial charge on any atom is 0.262 e. The van der Waals surface area contributed by atoms with Gasteiger partial charge in [0.15, 0.2) is 18.1 Å². The summed E-state index contributed by atoms with van der Waals surface area (Å²) in [6.45, 7) is -0.241. The molecule has 4 nitrogen and oxygen atoms in total. The van der Waals surface area contributed by atoms with Crippen molar-refractivity contribution in [2.75, 3.05) is 11.9 Å². The van der Waals surface area contributed by atoms with E-state index >= 15 is 0 Å². The third-order valence-corrected chi connectivity index (χ3v) is 2.35. The van der Waals surface area contributed by atoms with Gasteiger partial charge in [0.2, 0.25) is 0 Å². The fraction of sp³-hybridized carbons (Fsp3) is 0.0714. The summed E-state index contributed by atoms with van der Waals surface area (Å²) in [4.78, 5) is 11.6. The molecule has 0 aromatic heterocycles. The molecule has 0 bridgehead atoms. The first kappa shape index (κ1) is 12.9. The molecule has 0 radical (unpaired) electrons. The number of phenolic OH excluding ortho intramolecular Hbond substituents is 1. The van der Waals surface area contributed by atoms with Crippen LogP contribution < -0.4 is 10.1 Å². The second-order valence-electron chi connectivity index (χ2n) is 3.81. The maximum atomic E-state index is 12.7. The lowest BCUT2D eigenvalue weighted by Gasteiger charge is -2.08. The Morgan fingerprint density at radius 3 is 2.53 bits per heavy atom. The predicted octanol–water partition coefficient (Wildman–Crippen LogP) is 2.55. The average molecular weight is 261 g/mol. The molecule has 0 aliphatic rings. The molecule has 0 saturated heterocycles. The van der Waals surface area contributed by atoms with Gasteiger partial charge >= 0.3 is 0 Å². The van der Waals surface area contributed by atoms with Gasteiger partial charge in [0, 0.05) is 5.69 Å². The summed E-state index contributed by atoms with van der Waals surface area (Å²) >= 11 is 0. The third kappa shape index (κ3) is 3.70. The van der Waals surface area contributed by atoms with Crippen molar-refractivity contribution in [2.45, 2.75) is 0 Å². The maximum absolute atomic E-state index is 12.7. The van der Waals surface area contributed by atoms with E-state index in [9.17, 15) is 14.3 Å². The number of amides is 1. The van der Waals surface area contributed by atoms with Gasteiger partial charge in [-0.25, -0.2) is 4.39 Å². The van der Waals surface area contributed by atoms with Crippen LogP contribution in [0.1, 0.15) is 0 Å².